The summed E-state index contributed by atoms with van der Waals surface area (Å²) in [5.74, 6) is 0.893. The summed E-state index contributed by atoms with van der Waals surface area (Å²) in [5.41, 5.74) is 6.93. The van der Waals surface area contributed by atoms with Gasteiger partial charge in [-0.2, -0.15) is 0 Å². The van der Waals surface area contributed by atoms with E-state index < -0.39 is 0 Å². The number of amides is 1. The highest BCUT2D eigenvalue weighted by molar-refractivity contribution is 7.13. The molecule has 0 bridgehead atoms. The predicted octanol–water partition coefficient (Wildman–Crippen LogP) is 2.14. The van der Waals surface area contributed by atoms with Crippen LogP contribution in [0.15, 0.2) is 29.6 Å². The van der Waals surface area contributed by atoms with E-state index in [0.29, 0.717) is 18.8 Å². The SMILES string of the molecule is COc1ccc(-c2nc(C(=O)NCC(C)CN)cs2)cc1. The third-order valence-corrected chi connectivity index (χ3v) is 3.98. The molecular formula is C15H19N3O2S. The van der Waals surface area contributed by atoms with Gasteiger partial charge in [0.1, 0.15) is 16.5 Å². The van der Waals surface area contributed by atoms with Crippen LogP contribution in [0, 0.1) is 5.92 Å². The Morgan fingerprint density at radius 1 is 1.43 bits per heavy atom. The van der Waals surface area contributed by atoms with Crippen LogP contribution in [0.5, 0.6) is 5.75 Å². The number of nitrogens with one attached hydrogen (secondary N) is 1. The highest BCUT2D eigenvalue weighted by atomic mass is 32.1. The largest absolute Gasteiger partial charge is 0.497 e. The number of thiazole rings is 1. The third kappa shape index (κ3) is 4.03. The van der Waals surface area contributed by atoms with E-state index >= 15 is 0 Å². The number of carbonyl (C=O) groups is 1. The van der Waals surface area contributed by atoms with Gasteiger partial charge < -0.3 is 15.8 Å². The number of methoxy groups -OCH3 is 1. The summed E-state index contributed by atoms with van der Waals surface area (Å²) in [5, 5.41) is 5.42. The van der Waals surface area contributed by atoms with Crippen LogP contribution < -0.4 is 15.8 Å². The van der Waals surface area contributed by atoms with Crippen LogP contribution in [0.4, 0.5) is 0 Å². The molecule has 1 aromatic carbocycles. The lowest BCUT2D eigenvalue weighted by molar-refractivity contribution is 0.0944. The van der Waals surface area contributed by atoms with Gasteiger partial charge in [-0.25, -0.2) is 4.98 Å². The number of rotatable bonds is 6. The van der Waals surface area contributed by atoms with Gasteiger partial charge in [0.15, 0.2) is 0 Å². The van der Waals surface area contributed by atoms with Crippen LogP contribution in [0.3, 0.4) is 0 Å². The van der Waals surface area contributed by atoms with Gasteiger partial charge >= 0.3 is 0 Å². The van der Waals surface area contributed by atoms with Crippen molar-refractivity contribution in [2.45, 2.75) is 6.92 Å². The fraction of sp³-hybridized carbons (Fsp3) is 0.333. The van der Waals surface area contributed by atoms with Crippen molar-refractivity contribution in [3.8, 4) is 16.3 Å². The molecule has 112 valence electrons. The number of benzene rings is 1. The minimum atomic E-state index is -0.161. The molecule has 3 N–H and O–H groups in total. The summed E-state index contributed by atoms with van der Waals surface area (Å²) in [4.78, 5) is 16.4. The minimum Gasteiger partial charge on any atom is -0.497 e. The summed E-state index contributed by atoms with van der Waals surface area (Å²) in [7, 11) is 1.63. The van der Waals surface area contributed by atoms with E-state index in [4.69, 9.17) is 10.5 Å². The van der Waals surface area contributed by atoms with E-state index in [-0.39, 0.29) is 11.8 Å². The van der Waals surface area contributed by atoms with Gasteiger partial charge in [0.05, 0.1) is 7.11 Å². The Hall–Kier alpha value is -1.92. The molecule has 6 heteroatoms. The summed E-state index contributed by atoms with van der Waals surface area (Å²) < 4.78 is 5.12. The van der Waals surface area contributed by atoms with E-state index in [1.54, 1.807) is 12.5 Å². The number of hydrogen-bond acceptors (Lipinski definition) is 5. The van der Waals surface area contributed by atoms with Gasteiger partial charge in [0.25, 0.3) is 5.91 Å². The van der Waals surface area contributed by atoms with Crippen LogP contribution in [0.1, 0.15) is 17.4 Å². The second-order valence-electron chi connectivity index (χ2n) is 4.82. The van der Waals surface area contributed by atoms with Crippen molar-refractivity contribution < 1.29 is 9.53 Å². The van der Waals surface area contributed by atoms with E-state index in [2.05, 4.69) is 10.3 Å². The van der Waals surface area contributed by atoms with Gasteiger partial charge in [0.2, 0.25) is 0 Å². The molecule has 1 unspecified atom stereocenters. The summed E-state index contributed by atoms with van der Waals surface area (Å²) in [6.45, 7) is 3.10. The first-order chi connectivity index (χ1) is 10.1. The molecule has 0 aliphatic heterocycles. The number of hydrogen-bond donors (Lipinski definition) is 2. The van der Waals surface area contributed by atoms with Crippen molar-refractivity contribution in [2.75, 3.05) is 20.2 Å². The maximum Gasteiger partial charge on any atom is 0.270 e. The Bertz CT molecular complexity index is 595. The second kappa shape index (κ2) is 7.19. The normalized spacial score (nSPS) is 12.0. The number of carbonyl (C=O) groups excluding carboxylic acids is 1. The van der Waals surface area contributed by atoms with Crippen molar-refractivity contribution in [2.24, 2.45) is 11.7 Å². The zero-order valence-corrected chi connectivity index (χ0v) is 12.9. The summed E-state index contributed by atoms with van der Waals surface area (Å²) >= 11 is 1.45. The van der Waals surface area contributed by atoms with E-state index in [1.807, 2.05) is 31.2 Å². The fourth-order valence-corrected chi connectivity index (χ4v) is 2.49. The van der Waals surface area contributed by atoms with Crippen LogP contribution in [-0.4, -0.2) is 31.1 Å². The lowest BCUT2D eigenvalue weighted by atomic mass is 10.2. The Morgan fingerprint density at radius 2 is 2.14 bits per heavy atom. The van der Waals surface area contributed by atoms with Crippen LogP contribution in [0.25, 0.3) is 10.6 Å². The molecule has 2 rings (SSSR count). The van der Waals surface area contributed by atoms with Crippen molar-refractivity contribution in [3.63, 3.8) is 0 Å². The summed E-state index contributed by atoms with van der Waals surface area (Å²) in [6, 6.07) is 7.60. The molecule has 21 heavy (non-hydrogen) atoms. The zero-order valence-electron chi connectivity index (χ0n) is 12.1. The second-order valence-corrected chi connectivity index (χ2v) is 5.68. The average molecular weight is 305 g/mol. The number of ether oxygens (including phenoxy) is 1. The van der Waals surface area contributed by atoms with Crippen LogP contribution in [-0.2, 0) is 0 Å². The van der Waals surface area contributed by atoms with Gasteiger partial charge in [-0.3, -0.25) is 4.79 Å². The number of aromatic nitrogens is 1. The lowest BCUT2D eigenvalue weighted by Crippen LogP contribution is -2.31. The highest BCUT2D eigenvalue weighted by Crippen LogP contribution is 2.25. The Labute approximate surface area is 128 Å². The Morgan fingerprint density at radius 3 is 2.76 bits per heavy atom. The molecule has 2 aromatic rings. The van der Waals surface area contributed by atoms with E-state index in [0.717, 1.165) is 16.3 Å². The van der Waals surface area contributed by atoms with Crippen LogP contribution in [0.2, 0.25) is 0 Å². The molecule has 0 radical (unpaired) electrons. The van der Waals surface area contributed by atoms with Gasteiger partial charge in [0, 0.05) is 17.5 Å². The third-order valence-electron chi connectivity index (χ3n) is 3.09. The van der Waals surface area contributed by atoms with Crippen molar-refractivity contribution in [1.82, 2.24) is 10.3 Å². The van der Waals surface area contributed by atoms with Gasteiger partial charge in [-0.15, -0.1) is 11.3 Å². The molecule has 1 atom stereocenters. The molecule has 1 heterocycles. The monoisotopic (exact) mass is 305 g/mol. The molecule has 0 fully saturated rings. The first kappa shape index (κ1) is 15.5. The predicted molar refractivity (Wildman–Crippen MR) is 84.7 cm³/mol. The van der Waals surface area contributed by atoms with Gasteiger partial charge in [-0.1, -0.05) is 6.92 Å². The fourth-order valence-electron chi connectivity index (χ4n) is 1.69. The maximum atomic E-state index is 12.0. The first-order valence-electron chi connectivity index (χ1n) is 6.72. The quantitative estimate of drug-likeness (QED) is 0.857. The molecule has 1 aromatic heterocycles. The smallest absolute Gasteiger partial charge is 0.270 e. The number of nitrogens with zero attached hydrogens (tertiary/aromatic N) is 1. The summed E-state index contributed by atoms with van der Waals surface area (Å²) in [6.07, 6.45) is 0. The standard InChI is InChI=1S/C15H19N3O2S/c1-10(7-16)8-17-14(19)13-9-21-15(18-13)11-3-5-12(20-2)6-4-11/h3-6,9-10H,7-8,16H2,1-2H3,(H,17,19). The number of nitrogens with two attached hydrogens (primary N) is 1. The van der Waals surface area contributed by atoms with Gasteiger partial charge in [-0.05, 0) is 36.7 Å². The molecule has 0 aliphatic rings. The van der Waals surface area contributed by atoms with Crippen molar-refractivity contribution in [3.05, 3.63) is 35.3 Å². The molecule has 0 saturated heterocycles. The Kier molecular flexibility index (Phi) is 5.30. The van der Waals surface area contributed by atoms with E-state index in [9.17, 15) is 4.79 Å². The molecule has 5 nitrogen and oxygen atoms in total. The maximum absolute atomic E-state index is 12.0. The Balaban J connectivity index is 2.04. The molecule has 0 saturated carbocycles. The average Bonchev–Trinajstić information content (AvgIpc) is 3.02. The highest BCUT2D eigenvalue weighted by Gasteiger charge is 2.12. The molecule has 1 amide bonds. The van der Waals surface area contributed by atoms with Crippen molar-refractivity contribution in [1.29, 1.82) is 0 Å². The zero-order chi connectivity index (χ0) is 15.2. The first-order valence-corrected chi connectivity index (χ1v) is 7.60. The van der Waals surface area contributed by atoms with Crippen molar-refractivity contribution >= 4 is 17.2 Å². The molecule has 0 spiro atoms. The molecule has 0 aliphatic carbocycles. The topological polar surface area (TPSA) is 77.2 Å². The van der Waals surface area contributed by atoms with E-state index in [1.165, 1.54) is 11.3 Å². The minimum absolute atomic E-state index is 0.161. The molecular weight excluding hydrogens is 286 g/mol. The van der Waals surface area contributed by atoms with Crippen LogP contribution >= 0.6 is 11.3 Å². The lowest BCUT2D eigenvalue weighted by Gasteiger charge is -2.08.